The highest BCUT2D eigenvalue weighted by Gasteiger charge is 2.46. The standard InChI is InChI=1S/C23H31ClN4O3/c1-16(2)27-18-7-3-4-8-19(18)28(22(27)31)21(30)25-15-17-9-13-26(14-10-17)23(20(24)29)11-5-6-12-23/h3-4,7-8,16-17H,5-6,9-15H2,1-2H3,(H,25,30). The van der Waals surface area contributed by atoms with Crippen LogP contribution < -0.4 is 11.0 Å². The quantitative estimate of drug-likeness (QED) is 0.710. The van der Waals surface area contributed by atoms with Crippen molar-refractivity contribution in [2.45, 2.75) is 64.0 Å². The van der Waals surface area contributed by atoms with E-state index in [1.54, 1.807) is 10.6 Å². The first-order valence-electron chi connectivity index (χ1n) is 11.3. The highest BCUT2D eigenvalue weighted by molar-refractivity contribution is 6.65. The van der Waals surface area contributed by atoms with Crippen molar-refractivity contribution in [1.82, 2.24) is 19.4 Å². The van der Waals surface area contributed by atoms with Crippen LogP contribution in [0.25, 0.3) is 11.0 Å². The van der Waals surface area contributed by atoms with Crippen molar-refractivity contribution in [3.63, 3.8) is 0 Å². The number of benzene rings is 1. The summed E-state index contributed by atoms with van der Waals surface area (Å²) >= 11 is 6.00. The molecule has 1 aliphatic carbocycles. The Hall–Kier alpha value is -2.12. The molecular weight excluding hydrogens is 416 g/mol. The van der Waals surface area contributed by atoms with Gasteiger partial charge in [-0.2, -0.15) is 0 Å². The van der Waals surface area contributed by atoms with Gasteiger partial charge in [-0.25, -0.2) is 14.2 Å². The summed E-state index contributed by atoms with van der Waals surface area (Å²) in [5, 5.41) is 2.75. The molecule has 0 radical (unpaired) electrons. The number of likely N-dealkylation sites (tertiary alicyclic amines) is 1. The van der Waals surface area contributed by atoms with Gasteiger partial charge >= 0.3 is 11.7 Å². The molecule has 2 aliphatic rings. The third-order valence-electron chi connectivity index (χ3n) is 7.06. The molecule has 1 amide bonds. The normalized spacial score (nSPS) is 19.9. The van der Waals surface area contributed by atoms with Crippen molar-refractivity contribution in [3.05, 3.63) is 34.7 Å². The van der Waals surface area contributed by atoms with Crippen LogP contribution in [0.3, 0.4) is 0 Å². The number of imidazole rings is 1. The molecule has 0 atom stereocenters. The Morgan fingerprint density at radius 3 is 2.32 bits per heavy atom. The van der Waals surface area contributed by atoms with Crippen molar-refractivity contribution < 1.29 is 9.59 Å². The molecule has 1 saturated carbocycles. The molecule has 1 aliphatic heterocycles. The van der Waals surface area contributed by atoms with Gasteiger partial charge in [0.15, 0.2) is 0 Å². The van der Waals surface area contributed by atoms with Gasteiger partial charge in [0.1, 0.15) is 0 Å². The second-order valence-corrected chi connectivity index (χ2v) is 9.54. The van der Waals surface area contributed by atoms with Gasteiger partial charge in [-0.05, 0) is 82.3 Å². The fourth-order valence-corrected chi connectivity index (χ4v) is 5.65. The number of rotatable bonds is 5. The summed E-state index contributed by atoms with van der Waals surface area (Å²) in [6, 6.07) is 6.96. The highest BCUT2D eigenvalue weighted by atomic mass is 35.5. The Morgan fingerprint density at radius 2 is 1.74 bits per heavy atom. The fourth-order valence-electron chi connectivity index (χ4n) is 5.34. The molecule has 1 N–H and O–H groups in total. The zero-order chi connectivity index (χ0) is 22.2. The molecule has 4 rings (SSSR count). The molecule has 0 unspecified atom stereocenters. The van der Waals surface area contributed by atoms with Crippen LogP contribution in [0.2, 0.25) is 0 Å². The molecule has 8 heteroatoms. The minimum absolute atomic E-state index is 0.0386. The van der Waals surface area contributed by atoms with Crippen LogP contribution in [0.4, 0.5) is 4.79 Å². The lowest BCUT2D eigenvalue weighted by molar-refractivity contribution is -0.124. The van der Waals surface area contributed by atoms with E-state index in [2.05, 4.69) is 10.2 Å². The largest absolute Gasteiger partial charge is 0.337 e. The number of fused-ring (bicyclic) bond motifs is 1. The van der Waals surface area contributed by atoms with E-state index in [1.165, 1.54) is 4.57 Å². The molecular formula is C23H31ClN4O3. The molecule has 168 valence electrons. The van der Waals surface area contributed by atoms with Crippen LogP contribution in [0.1, 0.15) is 58.4 Å². The topological polar surface area (TPSA) is 76.3 Å². The van der Waals surface area contributed by atoms with E-state index >= 15 is 0 Å². The Balaban J connectivity index is 1.41. The maximum Gasteiger partial charge on any atom is 0.337 e. The lowest BCUT2D eigenvalue weighted by Crippen LogP contribution is -2.54. The third kappa shape index (κ3) is 3.94. The molecule has 2 heterocycles. The Labute approximate surface area is 187 Å². The number of carbonyl (C=O) groups is 2. The summed E-state index contributed by atoms with van der Waals surface area (Å²) in [7, 11) is 0. The van der Waals surface area contributed by atoms with Gasteiger partial charge in [-0.15, -0.1) is 0 Å². The Morgan fingerprint density at radius 1 is 1.13 bits per heavy atom. The summed E-state index contributed by atoms with van der Waals surface area (Å²) in [4.78, 5) is 40.3. The van der Waals surface area contributed by atoms with Crippen molar-refractivity contribution in [2.24, 2.45) is 5.92 Å². The van der Waals surface area contributed by atoms with Crippen LogP contribution in [-0.2, 0) is 4.79 Å². The number of hydrogen-bond donors (Lipinski definition) is 1. The number of piperidine rings is 1. The molecule has 7 nitrogen and oxygen atoms in total. The molecule has 1 aromatic heterocycles. The third-order valence-corrected chi connectivity index (χ3v) is 7.41. The first-order chi connectivity index (χ1) is 14.8. The van der Waals surface area contributed by atoms with E-state index in [0.29, 0.717) is 18.0 Å². The lowest BCUT2D eigenvalue weighted by atomic mass is 9.89. The number of para-hydroxylation sites is 2. The summed E-state index contributed by atoms with van der Waals surface area (Å²) in [6.45, 7) is 6.01. The minimum Gasteiger partial charge on any atom is -0.337 e. The molecule has 0 spiro atoms. The summed E-state index contributed by atoms with van der Waals surface area (Å²) in [6.07, 6.45) is 5.59. The van der Waals surface area contributed by atoms with E-state index in [9.17, 15) is 14.4 Å². The SMILES string of the molecule is CC(C)n1c(=O)n(C(=O)NCC2CCN(C3(C(=O)Cl)CCCC3)CC2)c2ccccc21. The lowest BCUT2D eigenvalue weighted by Gasteiger charge is -2.42. The average molecular weight is 447 g/mol. The van der Waals surface area contributed by atoms with Gasteiger partial charge in [0.05, 0.1) is 16.6 Å². The predicted octanol–water partition coefficient (Wildman–Crippen LogP) is 3.73. The number of carbonyl (C=O) groups excluding carboxylic acids is 2. The van der Waals surface area contributed by atoms with E-state index in [-0.39, 0.29) is 23.0 Å². The van der Waals surface area contributed by atoms with E-state index in [4.69, 9.17) is 11.6 Å². The Bertz CT molecular complexity index is 1030. The Kier molecular flexibility index (Phi) is 6.26. The van der Waals surface area contributed by atoms with Crippen LogP contribution in [-0.4, -0.2) is 50.5 Å². The fraction of sp³-hybridized carbons (Fsp3) is 0.609. The second-order valence-electron chi connectivity index (χ2n) is 9.20. The summed E-state index contributed by atoms with van der Waals surface area (Å²) in [5.41, 5.74) is 0.588. The van der Waals surface area contributed by atoms with E-state index in [1.807, 2.05) is 32.0 Å². The first kappa shape index (κ1) is 22.1. The number of hydrogen-bond acceptors (Lipinski definition) is 4. The second kappa shape index (κ2) is 8.79. The van der Waals surface area contributed by atoms with Crippen LogP contribution >= 0.6 is 11.6 Å². The van der Waals surface area contributed by atoms with Gasteiger partial charge in [0.25, 0.3) is 0 Å². The first-order valence-corrected chi connectivity index (χ1v) is 11.7. The zero-order valence-corrected chi connectivity index (χ0v) is 19.0. The molecule has 1 aromatic carbocycles. The van der Waals surface area contributed by atoms with Crippen LogP contribution in [0.15, 0.2) is 29.1 Å². The minimum atomic E-state index is -0.484. The van der Waals surface area contributed by atoms with Gasteiger partial charge in [-0.1, -0.05) is 25.0 Å². The number of halogens is 1. The van der Waals surface area contributed by atoms with Crippen LogP contribution in [0.5, 0.6) is 0 Å². The van der Waals surface area contributed by atoms with Gasteiger partial charge < -0.3 is 5.32 Å². The number of nitrogens with one attached hydrogen (secondary N) is 1. The number of amides is 1. The number of aromatic nitrogens is 2. The van der Waals surface area contributed by atoms with E-state index < -0.39 is 5.54 Å². The average Bonchev–Trinajstić information content (AvgIpc) is 3.35. The molecule has 1 saturated heterocycles. The molecule has 0 bridgehead atoms. The molecule has 2 fully saturated rings. The smallest absolute Gasteiger partial charge is 0.337 e. The monoisotopic (exact) mass is 446 g/mol. The van der Waals surface area contributed by atoms with Crippen molar-refractivity contribution in [1.29, 1.82) is 0 Å². The van der Waals surface area contributed by atoms with Crippen molar-refractivity contribution in [2.75, 3.05) is 19.6 Å². The summed E-state index contributed by atoms with van der Waals surface area (Å²) < 4.78 is 2.89. The predicted molar refractivity (Wildman–Crippen MR) is 122 cm³/mol. The zero-order valence-electron chi connectivity index (χ0n) is 18.3. The maximum absolute atomic E-state index is 12.9. The van der Waals surface area contributed by atoms with Gasteiger partial charge in [0.2, 0.25) is 5.24 Å². The highest BCUT2D eigenvalue weighted by Crippen LogP contribution is 2.39. The number of nitrogens with zero attached hydrogens (tertiary/aromatic N) is 3. The summed E-state index contributed by atoms with van der Waals surface area (Å²) in [5.74, 6) is 0.318. The molecule has 2 aromatic rings. The van der Waals surface area contributed by atoms with E-state index in [0.717, 1.165) is 57.1 Å². The maximum atomic E-state index is 12.9. The van der Waals surface area contributed by atoms with Gasteiger partial charge in [0, 0.05) is 12.6 Å². The van der Waals surface area contributed by atoms with Crippen molar-refractivity contribution in [3.8, 4) is 0 Å². The van der Waals surface area contributed by atoms with Crippen molar-refractivity contribution >= 4 is 33.9 Å². The van der Waals surface area contributed by atoms with Crippen LogP contribution in [0, 0.1) is 5.92 Å². The van der Waals surface area contributed by atoms with Gasteiger partial charge in [-0.3, -0.25) is 14.3 Å². The molecule has 31 heavy (non-hydrogen) atoms.